The minimum absolute atomic E-state index is 0.0384. The van der Waals surface area contributed by atoms with Gasteiger partial charge in [-0.2, -0.15) is 4.98 Å². The highest BCUT2D eigenvalue weighted by Gasteiger charge is 2.31. The van der Waals surface area contributed by atoms with E-state index < -0.39 is 10.0 Å². The van der Waals surface area contributed by atoms with Crippen LogP contribution in [0.15, 0.2) is 53.2 Å². The van der Waals surface area contributed by atoms with Crippen molar-refractivity contribution in [1.82, 2.24) is 19.0 Å². The summed E-state index contributed by atoms with van der Waals surface area (Å²) in [7, 11) is -1.38. The molecule has 3 aromatic rings. The fraction of sp³-hybridized carbons (Fsp3) is 0.368. The summed E-state index contributed by atoms with van der Waals surface area (Å²) >= 11 is 0. The lowest BCUT2D eigenvalue weighted by atomic mass is 9.98. The fourth-order valence-electron chi connectivity index (χ4n) is 3.46. The van der Waals surface area contributed by atoms with Crippen LogP contribution in [0.4, 0.5) is 0 Å². The van der Waals surface area contributed by atoms with Crippen LogP contribution >= 0.6 is 0 Å². The van der Waals surface area contributed by atoms with Crippen molar-refractivity contribution in [2.75, 3.05) is 13.1 Å². The number of hydrogen-bond acceptors (Lipinski definition) is 5. The SMILES string of the molecule is Cn1cccc1-c1noc(C2CCN(S(=O)(=O)Cc3ccccc3)CC2)n1. The molecule has 0 amide bonds. The van der Waals surface area contributed by atoms with Crippen LogP contribution in [0, 0.1) is 0 Å². The van der Waals surface area contributed by atoms with E-state index in [1.807, 2.05) is 60.3 Å². The average molecular weight is 386 g/mol. The van der Waals surface area contributed by atoms with Crippen molar-refractivity contribution in [2.24, 2.45) is 7.05 Å². The lowest BCUT2D eigenvalue weighted by Gasteiger charge is -2.29. The van der Waals surface area contributed by atoms with Crippen LogP contribution in [0.5, 0.6) is 0 Å². The van der Waals surface area contributed by atoms with E-state index in [4.69, 9.17) is 4.52 Å². The smallest absolute Gasteiger partial charge is 0.230 e. The zero-order valence-electron chi connectivity index (χ0n) is 15.2. The Bertz CT molecular complexity index is 1000. The summed E-state index contributed by atoms with van der Waals surface area (Å²) in [6, 6.07) is 13.2. The summed E-state index contributed by atoms with van der Waals surface area (Å²) in [6.07, 6.45) is 3.30. The Balaban J connectivity index is 1.40. The van der Waals surface area contributed by atoms with Crippen LogP contribution in [0.3, 0.4) is 0 Å². The second kappa shape index (κ2) is 7.28. The van der Waals surface area contributed by atoms with Gasteiger partial charge in [-0.05, 0) is 30.5 Å². The van der Waals surface area contributed by atoms with Crippen LogP contribution in [0.25, 0.3) is 11.5 Å². The van der Waals surface area contributed by atoms with E-state index in [0.717, 1.165) is 11.3 Å². The van der Waals surface area contributed by atoms with Gasteiger partial charge in [0.25, 0.3) is 0 Å². The molecule has 1 fully saturated rings. The molecule has 7 nitrogen and oxygen atoms in total. The number of benzene rings is 1. The molecule has 4 rings (SSSR count). The molecule has 2 aromatic heterocycles. The van der Waals surface area contributed by atoms with E-state index in [1.165, 1.54) is 0 Å². The Kier molecular flexibility index (Phi) is 4.84. The second-order valence-electron chi connectivity index (χ2n) is 6.88. The summed E-state index contributed by atoms with van der Waals surface area (Å²) in [5, 5.41) is 4.08. The first-order chi connectivity index (χ1) is 13.0. The van der Waals surface area contributed by atoms with Crippen molar-refractivity contribution in [3.05, 3.63) is 60.1 Å². The van der Waals surface area contributed by atoms with Crippen LogP contribution in [-0.2, 0) is 22.8 Å². The van der Waals surface area contributed by atoms with Crippen molar-refractivity contribution in [2.45, 2.75) is 24.5 Å². The van der Waals surface area contributed by atoms with E-state index in [1.54, 1.807) is 4.31 Å². The number of hydrogen-bond donors (Lipinski definition) is 0. The largest absolute Gasteiger partial charge is 0.348 e. The molecular weight excluding hydrogens is 364 g/mol. The van der Waals surface area contributed by atoms with Gasteiger partial charge < -0.3 is 9.09 Å². The van der Waals surface area contributed by atoms with Gasteiger partial charge in [0.2, 0.25) is 21.7 Å². The van der Waals surface area contributed by atoms with Crippen molar-refractivity contribution in [1.29, 1.82) is 0 Å². The van der Waals surface area contributed by atoms with Gasteiger partial charge in [-0.25, -0.2) is 12.7 Å². The zero-order valence-corrected chi connectivity index (χ0v) is 16.0. The summed E-state index contributed by atoms with van der Waals surface area (Å²) in [6.45, 7) is 0.948. The van der Waals surface area contributed by atoms with E-state index >= 15 is 0 Å². The molecule has 142 valence electrons. The number of sulfonamides is 1. The van der Waals surface area contributed by atoms with Gasteiger partial charge in [0.05, 0.1) is 11.4 Å². The van der Waals surface area contributed by atoms with Crippen LogP contribution < -0.4 is 0 Å². The van der Waals surface area contributed by atoms with Gasteiger partial charge in [0, 0.05) is 32.3 Å². The molecule has 1 aromatic carbocycles. The summed E-state index contributed by atoms with van der Waals surface area (Å²) in [4.78, 5) is 4.53. The number of piperidine rings is 1. The molecule has 1 saturated heterocycles. The molecule has 8 heteroatoms. The maximum Gasteiger partial charge on any atom is 0.230 e. The van der Waals surface area contributed by atoms with E-state index in [-0.39, 0.29) is 11.7 Å². The molecule has 0 radical (unpaired) electrons. The topological polar surface area (TPSA) is 81.2 Å². The molecule has 0 spiro atoms. The lowest BCUT2D eigenvalue weighted by molar-refractivity contribution is 0.270. The quantitative estimate of drug-likeness (QED) is 0.673. The minimum atomic E-state index is -3.31. The number of aromatic nitrogens is 3. The molecule has 0 unspecified atom stereocenters. The van der Waals surface area contributed by atoms with Gasteiger partial charge in [0.15, 0.2) is 0 Å². The predicted molar refractivity (Wildman–Crippen MR) is 101 cm³/mol. The first-order valence-corrected chi connectivity index (χ1v) is 10.6. The van der Waals surface area contributed by atoms with E-state index in [9.17, 15) is 8.42 Å². The van der Waals surface area contributed by atoms with Gasteiger partial charge in [-0.15, -0.1) is 0 Å². The zero-order chi connectivity index (χ0) is 18.9. The van der Waals surface area contributed by atoms with Crippen molar-refractivity contribution in [3.63, 3.8) is 0 Å². The number of nitrogens with zero attached hydrogens (tertiary/aromatic N) is 4. The summed E-state index contributed by atoms with van der Waals surface area (Å²) in [5.41, 5.74) is 1.71. The molecule has 1 aliphatic rings. The van der Waals surface area contributed by atoms with Gasteiger partial charge in [-0.3, -0.25) is 0 Å². The third-order valence-corrected chi connectivity index (χ3v) is 6.85. The highest BCUT2D eigenvalue weighted by atomic mass is 32.2. The molecule has 27 heavy (non-hydrogen) atoms. The summed E-state index contributed by atoms with van der Waals surface area (Å²) < 4.78 is 34.3. The van der Waals surface area contributed by atoms with Gasteiger partial charge in [0.1, 0.15) is 0 Å². The first-order valence-electron chi connectivity index (χ1n) is 9.00. The van der Waals surface area contributed by atoms with Crippen molar-refractivity contribution in [3.8, 4) is 11.5 Å². The fourth-order valence-corrected chi connectivity index (χ4v) is 5.02. The third kappa shape index (κ3) is 3.81. The number of rotatable bonds is 5. The maximum atomic E-state index is 12.7. The number of aryl methyl sites for hydroxylation is 1. The van der Waals surface area contributed by atoms with Crippen molar-refractivity contribution < 1.29 is 12.9 Å². The lowest BCUT2D eigenvalue weighted by Crippen LogP contribution is -2.38. The molecular formula is C19H22N4O3S. The Morgan fingerprint density at radius 2 is 1.85 bits per heavy atom. The van der Waals surface area contributed by atoms with Gasteiger partial charge in [-0.1, -0.05) is 35.5 Å². The Morgan fingerprint density at radius 1 is 1.11 bits per heavy atom. The van der Waals surface area contributed by atoms with E-state index in [0.29, 0.717) is 37.6 Å². The normalized spacial score (nSPS) is 16.6. The molecule has 0 atom stereocenters. The molecule has 3 heterocycles. The highest BCUT2D eigenvalue weighted by Crippen LogP contribution is 2.30. The Morgan fingerprint density at radius 3 is 2.52 bits per heavy atom. The Hall–Kier alpha value is -2.45. The molecule has 0 saturated carbocycles. The highest BCUT2D eigenvalue weighted by molar-refractivity contribution is 7.88. The molecule has 0 aliphatic carbocycles. The Labute approximate surface area is 158 Å². The average Bonchev–Trinajstić information content (AvgIpc) is 3.31. The second-order valence-corrected chi connectivity index (χ2v) is 8.84. The molecule has 0 bridgehead atoms. The third-order valence-electron chi connectivity index (χ3n) is 5.00. The van der Waals surface area contributed by atoms with E-state index in [2.05, 4.69) is 10.1 Å². The molecule has 0 N–H and O–H groups in total. The minimum Gasteiger partial charge on any atom is -0.348 e. The van der Waals surface area contributed by atoms with Gasteiger partial charge >= 0.3 is 0 Å². The van der Waals surface area contributed by atoms with Crippen LogP contribution in [0.2, 0.25) is 0 Å². The first kappa shape index (κ1) is 17.9. The monoisotopic (exact) mass is 386 g/mol. The van der Waals surface area contributed by atoms with Crippen LogP contribution in [-0.4, -0.2) is 40.5 Å². The summed E-state index contributed by atoms with van der Waals surface area (Å²) in [5.74, 6) is 1.29. The van der Waals surface area contributed by atoms with Crippen molar-refractivity contribution >= 4 is 10.0 Å². The maximum absolute atomic E-state index is 12.7. The van der Waals surface area contributed by atoms with Crippen LogP contribution in [0.1, 0.15) is 30.2 Å². The standard InChI is InChI=1S/C19H22N4O3S/c1-22-11-5-8-17(22)18-20-19(26-21-18)16-9-12-23(13-10-16)27(24,25)14-15-6-3-2-4-7-15/h2-8,11,16H,9-10,12-14H2,1H3. The molecule has 1 aliphatic heterocycles. The predicted octanol–water partition coefficient (Wildman–Crippen LogP) is 2.78.